The summed E-state index contributed by atoms with van der Waals surface area (Å²) in [7, 11) is 1.69. The molecule has 0 unspecified atom stereocenters. The molecule has 0 aromatic carbocycles. The van der Waals surface area contributed by atoms with Crippen molar-refractivity contribution in [3.8, 4) is 0 Å². The van der Waals surface area contributed by atoms with Crippen molar-refractivity contribution in [2.24, 2.45) is 0 Å². The van der Waals surface area contributed by atoms with Gasteiger partial charge < -0.3 is 15.1 Å². The SMILES string of the molecule is CN(CC(=O)N1CCCC1)C(=O)NC1CCCC1. The summed E-state index contributed by atoms with van der Waals surface area (Å²) in [6.45, 7) is 1.88. The molecule has 0 aromatic rings. The zero-order valence-corrected chi connectivity index (χ0v) is 11.2. The van der Waals surface area contributed by atoms with Crippen molar-refractivity contribution in [1.29, 1.82) is 0 Å². The van der Waals surface area contributed by atoms with Crippen LogP contribution in [0.5, 0.6) is 0 Å². The molecule has 0 radical (unpaired) electrons. The van der Waals surface area contributed by atoms with Crippen LogP contribution < -0.4 is 5.32 Å². The van der Waals surface area contributed by atoms with Gasteiger partial charge in [-0.3, -0.25) is 4.79 Å². The molecule has 2 rings (SSSR count). The predicted octanol–water partition coefficient (Wildman–Crippen LogP) is 1.19. The van der Waals surface area contributed by atoms with Gasteiger partial charge in [-0.15, -0.1) is 0 Å². The average Bonchev–Trinajstić information content (AvgIpc) is 3.01. The van der Waals surface area contributed by atoms with Gasteiger partial charge in [-0.1, -0.05) is 12.8 Å². The number of carbonyl (C=O) groups excluding carboxylic acids is 2. The number of likely N-dealkylation sites (tertiary alicyclic amines) is 1. The lowest BCUT2D eigenvalue weighted by Crippen LogP contribution is -2.46. The molecule has 1 aliphatic carbocycles. The van der Waals surface area contributed by atoms with Crippen molar-refractivity contribution in [2.45, 2.75) is 44.6 Å². The van der Waals surface area contributed by atoms with Crippen molar-refractivity contribution in [2.75, 3.05) is 26.7 Å². The fourth-order valence-corrected chi connectivity index (χ4v) is 2.70. The van der Waals surface area contributed by atoms with Crippen LogP contribution in [0.2, 0.25) is 0 Å². The number of nitrogens with one attached hydrogen (secondary N) is 1. The number of hydrogen-bond acceptors (Lipinski definition) is 2. The molecule has 5 heteroatoms. The number of hydrogen-bond donors (Lipinski definition) is 1. The van der Waals surface area contributed by atoms with Crippen LogP contribution in [-0.4, -0.2) is 54.5 Å². The molecular formula is C13H23N3O2. The lowest BCUT2D eigenvalue weighted by Gasteiger charge is -2.23. The van der Waals surface area contributed by atoms with Crippen LogP contribution in [0, 0.1) is 0 Å². The Morgan fingerprint density at radius 2 is 1.78 bits per heavy atom. The molecule has 1 saturated heterocycles. The normalized spacial score (nSPS) is 20.2. The van der Waals surface area contributed by atoms with Crippen LogP contribution in [0.4, 0.5) is 4.79 Å². The van der Waals surface area contributed by atoms with E-state index in [1.54, 1.807) is 7.05 Å². The van der Waals surface area contributed by atoms with Crippen LogP contribution in [0.15, 0.2) is 0 Å². The zero-order valence-electron chi connectivity index (χ0n) is 11.2. The zero-order chi connectivity index (χ0) is 13.0. The molecule has 1 heterocycles. The van der Waals surface area contributed by atoms with E-state index in [0.29, 0.717) is 6.04 Å². The van der Waals surface area contributed by atoms with Gasteiger partial charge in [0.15, 0.2) is 0 Å². The smallest absolute Gasteiger partial charge is 0.317 e. The van der Waals surface area contributed by atoms with E-state index in [2.05, 4.69) is 5.32 Å². The van der Waals surface area contributed by atoms with E-state index in [1.807, 2.05) is 4.90 Å². The molecule has 2 fully saturated rings. The largest absolute Gasteiger partial charge is 0.341 e. The van der Waals surface area contributed by atoms with Gasteiger partial charge in [-0.2, -0.15) is 0 Å². The van der Waals surface area contributed by atoms with Crippen LogP contribution in [0.1, 0.15) is 38.5 Å². The van der Waals surface area contributed by atoms with Gasteiger partial charge in [0.2, 0.25) is 5.91 Å². The molecule has 0 spiro atoms. The first-order chi connectivity index (χ1) is 8.66. The fraction of sp³-hybridized carbons (Fsp3) is 0.846. The summed E-state index contributed by atoms with van der Waals surface area (Å²) in [5.41, 5.74) is 0. The van der Waals surface area contributed by atoms with Gasteiger partial charge >= 0.3 is 6.03 Å². The summed E-state index contributed by atoms with van der Waals surface area (Å²) in [5, 5.41) is 2.99. The second-order valence-electron chi connectivity index (χ2n) is 5.37. The third kappa shape index (κ3) is 3.37. The lowest BCUT2D eigenvalue weighted by atomic mass is 10.2. The molecule has 2 aliphatic rings. The standard InChI is InChI=1S/C13H23N3O2/c1-15(10-12(17)16-8-4-5-9-16)13(18)14-11-6-2-3-7-11/h11H,2-10H2,1H3,(H,14,18). The fourth-order valence-electron chi connectivity index (χ4n) is 2.70. The Kier molecular flexibility index (Phi) is 4.44. The Hall–Kier alpha value is -1.26. The highest BCUT2D eigenvalue weighted by Gasteiger charge is 2.23. The number of carbonyl (C=O) groups is 2. The summed E-state index contributed by atoms with van der Waals surface area (Å²) < 4.78 is 0. The van der Waals surface area contributed by atoms with Gasteiger partial charge in [-0.25, -0.2) is 4.79 Å². The number of amides is 3. The molecule has 5 nitrogen and oxygen atoms in total. The third-order valence-corrected chi connectivity index (χ3v) is 3.86. The molecule has 0 atom stereocenters. The molecule has 18 heavy (non-hydrogen) atoms. The summed E-state index contributed by atoms with van der Waals surface area (Å²) in [4.78, 5) is 27.1. The van der Waals surface area contributed by atoms with E-state index >= 15 is 0 Å². The van der Waals surface area contributed by atoms with Crippen molar-refractivity contribution in [1.82, 2.24) is 15.1 Å². The van der Waals surface area contributed by atoms with E-state index in [1.165, 1.54) is 17.7 Å². The van der Waals surface area contributed by atoms with E-state index in [0.717, 1.165) is 38.8 Å². The summed E-state index contributed by atoms with van der Waals surface area (Å²) in [6, 6.07) is 0.191. The van der Waals surface area contributed by atoms with Gasteiger partial charge in [0, 0.05) is 26.2 Å². The molecule has 3 amide bonds. The Morgan fingerprint density at radius 1 is 1.17 bits per heavy atom. The van der Waals surface area contributed by atoms with Gasteiger partial charge in [-0.05, 0) is 25.7 Å². The number of rotatable bonds is 3. The van der Waals surface area contributed by atoms with E-state index in [4.69, 9.17) is 0 Å². The topological polar surface area (TPSA) is 52.7 Å². The highest BCUT2D eigenvalue weighted by Crippen LogP contribution is 2.17. The quantitative estimate of drug-likeness (QED) is 0.821. The van der Waals surface area contributed by atoms with Crippen LogP contribution in [0.3, 0.4) is 0 Å². The highest BCUT2D eigenvalue weighted by molar-refractivity contribution is 5.84. The maximum atomic E-state index is 11.9. The molecule has 102 valence electrons. The Morgan fingerprint density at radius 3 is 2.39 bits per heavy atom. The number of urea groups is 1. The van der Waals surface area contributed by atoms with Crippen molar-refractivity contribution in [3.05, 3.63) is 0 Å². The first-order valence-electron chi connectivity index (χ1n) is 6.96. The summed E-state index contributed by atoms with van der Waals surface area (Å²) >= 11 is 0. The van der Waals surface area contributed by atoms with Crippen LogP contribution >= 0.6 is 0 Å². The second kappa shape index (κ2) is 6.07. The molecular weight excluding hydrogens is 230 g/mol. The molecule has 0 aromatic heterocycles. The van der Waals surface area contributed by atoms with Crippen molar-refractivity contribution >= 4 is 11.9 Å². The lowest BCUT2D eigenvalue weighted by molar-refractivity contribution is -0.130. The molecule has 1 N–H and O–H groups in total. The average molecular weight is 253 g/mol. The van der Waals surface area contributed by atoms with Gasteiger partial charge in [0.25, 0.3) is 0 Å². The maximum absolute atomic E-state index is 11.9. The van der Waals surface area contributed by atoms with Crippen LogP contribution in [0.25, 0.3) is 0 Å². The van der Waals surface area contributed by atoms with Gasteiger partial charge in [0.1, 0.15) is 6.54 Å². The monoisotopic (exact) mass is 253 g/mol. The maximum Gasteiger partial charge on any atom is 0.317 e. The second-order valence-corrected chi connectivity index (χ2v) is 5.37. The third-order valence-electron chi connectivity index (χ3n) is 3.86. The van der Waals surface area contributed by atoms with Crippen molar-refractivity contribution < 1.29 is 9.59 Å². The number of likely N-dealkylation sites (N-methyl/N-ethyl adjacent to an activating group) is 1. The number of nitrogens with zero attached hydrogens (tertiary/aromatic N) is 2. The Bertz CT molecular complexity index is 307. The van der Waals surface area contributed by atoms with E-state index in [-0.39, 0.29) is 18.5 Å². The Balaban J connectivity index is 1.73. The summed E-state index contributed by atoms with van der Waals surface area (Å²) in [6.07, 6.45) is 6.70. The van der Waals surface area contributed by atoms with E-state index in [9.17, 15) is 9.59 Å². The van der Waals surface area contributed by atoms with Crippen LogP contribution in [-0.2, 0) is 4.79 Å². The molecule has 0 bridgehead atoms. The van der Waals surface area contributed by atoms with E-state index < -0.39 is 0 Å². The molecule has 1 aliphatic heterocycles. The molecule has 1 saturated carbocycles. The van der Waals surface area contributed by atoms with Gasteiger partial charge in [0.05, 0.1) is 0 Å². The first kappa shape index (κ1) is 13.2. The first-order valence-corrected chi connectivity index (χ1v) is 6.96. The predicted molar refractivity (Wildman–Crippen MR) is 69.2 cm³/mol. The summed E-state index contributed by atoms with van der Waals surface area (Å²) in [5.74, 6) is 0.0663. The highest BCUT2D eigenvalue weighted by atomic mass is 16.2. The van der Waals surface area contributed by atoms with Crippen molar-refractivity contribution in [3.63, 3.8) is 0 Å². The minimum absolute atomic E-state index is 0.0663. The minimum atomic E-state index is -0.116. The Labute approximate surface area is 108 Å². The minimum Gasteiger partial charge on any atom is -0.341 e.